The van der Waals surface area contributed by atoms with Crippen molar-refractivity contribution in [3.8, 4) is 5.75 Å². The molecular formula is C20H20ClN3O3. The highest BCUT2D eigenvalue weighted by molar-refractivity contribution is 6.30. The van der Waals surface area contributed by atoms with Gasteiger partial charge in [0.1, 0.15) is 18.2 Å². The van der Waals surface area contributed by atoms with Gasteiger partial charge in [-0.05, 0) is 36.8 Å². The molecule has 2 aromatic carbocycles. The lowest BCUT2D eigenvalue weighted by molar-refractivity contribution is -0.121. The number of aromatic nitrogens is 2. The number of carbonyl (C=O) groups is 1. The van der Waals surface area contributed by atoms with Gasteiger partial charge in [-0.15, -0.1) is 0 Å². The number of hydrogen-bond donors (Lipinski definition) is 2. The molecule has 3 rings (SSSR count). The molecule has 0 saturated heterocycles. The zero-order valence-corrected chi connectivity index (χ0v) is 15.5. The monoisotopic (exact) mass is 385 g/mol. The number of fused-ring (bicyclic) bond motifs is 1. The van der Waals surface area contributed by atoms with Crippen LogP contribution in [0.15, 0.2) is 53.3 Å². The van der Waals surface area contributed by atoms with Crippen molar-refractivity contribution in [2.24, 2.45) is 0 Å². The SMILES string of the molecule is O=C(CCCc1nc2ccccc2c(=O)[nH]1)NCCOc1cccc(Cl)c1. The minimum Gasteiger partial charge on any atom is -0.492 e. The van der Waals surface area contributed by atoms with Crippen molar-refractivity contribution in [2.75, 3.05) is 13.2 Å². The van der Waals surface area contributed by atoms with Crippen molar-refractivity contribution in [2.45, 2.75) is 19.3 Å². The summed E-state index contributed by atoms with van der Waals surface area (Å²) in [5, 5.41) is 3.98. The maximum atomic E-state index is 12.0. The van der Waals surface area contributed by atoms with Crippen molar-refractivity contribution >= 4 is 28.4 Å². The first-order valence-electron chi connectivity index (χ1n) is 8.75. The molecule has 0 aliphatic heterocycles. The second-order valence-electron chi connectivity index (χ2n) is 6.04. The zero-order chi connectivity index (χ0) is 19.1. The third-order valence-electron chi connectivity index (χ3n) is 3.97. The van der Waals surface area contributed by atoms with Gasteiger partial charge < -0.3 is 15.0 Å². The van der Waals surface area contributed by atoms with Gasteiger partial charge in [0, 0.05) is 17.9 Å². The van der Waals surface area contributed by atoms with E-state index in [0.717, 1.165) is 0 Å². The Hall–Kier alpha value is -2.86. The molecule has 1 amide bonds. The third-order valence-corrected chi connectivity index (χ3v) is 4.20. The molecule has 0 aliphatic carbocycles. The fourth-order valence-electron chi connectivity index (χ4n) is 2.67. The van der Waals surface area contributed by atoms with Gasteiger partial charge >= 0.3 is 0 Å². The Morgan fingerprint density at radius 3 is 2.89 bits per heavy atom. The Morgan fingerprint density at radius 2 is 2.04 bits per heavy atom. The first-order chi connectivity index (χ1) is 13.1. The Morgan fingerprint density at radius 1 is 1.19 bits per heavy atom. The number of halogens is 1. The van der Waals surface area contributed by atoms with Gasteiger partial charge in [-0.25, -0.2) is 4.98 Å². The largest absolute Gasteiger partial charge is 0.492 e. The lowest BCUT2D eigenvalue weighted by atomic mass is 10.2. The van der Waals surface area contributed by atoms with Crippen LogP contribution in [0.5, 0.6) is 5.75 Å². The molecule has 0 fully saturated rings. The summed E-state index contributed by atoms with van der Waals surface area (Å²) in [4.78, 5) is 31.1. The van der Waals surface area contributed by atoms with Crippen molar-refractivity contribution < 1.29 is 9.53 Å². The number of amides is 1. The van der Waals surface area contributed by atoms with Gasteiger partial charge in [0.05, 0.1) is 17.4 Å². The Labute approximate surface area is 161 Å². The standard InChI is InChI=1S/C20H20ClN3O3/c21-14-5-3-6-15(13-14)27-12-11-22-19(25)10-4-9-18-23-17-8-2-1-7-16(17)20(26)24-18/h1-3,5-8,13H,4,9-12H2,(H,22,25)(H,23,24,26). The van der Waals surface area contributed by atoms with E-state index >= 15 is 0 Å². The third kappa shape index (κ3) is 5.56. The Balaban J connectivity index is 1.39. The highest BCUT2D eigenvalue weighted by Crippen LogP contribution is 2.16. The average molecular weight is 386 g/mol. The molecule has 0 aliphatic rings. The summed E-state index contributed by atoms with van der Waals surface area (Å²) in [5.41, 5.74) is 0.511. The summed E-state index contributed by atoms with van der Waals surface area (Å²) in [6.07, 6.45) is 1.49. The lowest BCUT2D eigenvalue weighted by Gasteiger charge is -2.08. The number of para-hydroxylation sites is 1. The normalized spacial score (nSPS) is 10.7. The first-order valence-corrected chi connectivity index (χ1v) is 9.12. The zero-order valence-electron chi connectivity index (χ0n) is 14.7. The van der Waals surface area contributed by atoms with Gasteiger partial charge in [-0.2, -0.15) is 0 Å². The van der Waals surface area contributed by atoms with Crippen LogP contribution in [0.4, 0.5) is 0 Å². The van der Waals surface area contributed by atoms with Crippen LogP contribution in [0.25, 0.3) is 10.9 Å². The molecule has 1 heterocycles. The summed E-state index contributed by atoms with van der Waals surface area (Å²) in [7, 11) is 0. The highest BCUT2D eigenvalue weighted by atomic mass is 35.5. The number of nitrogens with one attached hydrogen (secondary N) is 2. The van der Waals surface area contributed by atoms with Crippen LogP contribution in [0.2, 0.25) is 5.02 Å². The average Bonchev–Trinajstić information content (AvgIpc) is 2.65. The minimum absolute atomic E-state index is 0.0622. The first kappa shape index (κ1) is 18.9. The minimum atomic E-state index is -0.154. The van der Waals surface area contributed by atoms with E-state index in [1.165, 1.54) is 0 Å². The van der Waals surface area contributed by atoms with Crippen LogP contribution in [-0.2, 0) is 11.2 Å². The maximum absolute atomic E-state index is 12.0. The molecule has 0 saturated carbocycles. The van der Waals surface area contributed by atoms with Gasteiger partial charge in [0.2, 0.25) is 5.91 Å². The van der Waals surface area contributed by atoms with Gasteiger partial charge in [-0.1, -0.05) is 29.8 Å². The molecule has 1 aromatic heterocycles. The van der Waals surface area contributed by atoms with E-state index in [9.17, 15) is 9.59 Å². The molecule has 6 nitrogen and oxygen atoms in total. The predicted octanol–water partition coefficient (Wildman–Crippen LogP) is 3.09. The second kappa shape index (κ2) is 9.19. The van der Waals surface area contributed by atoms with Crippen LogP contribution < -0.4 is 15.6 Å². The molecule has 0 bridgehead atoms. The van der Waals surface area contributed by atoms with Crippen LogP contribution in [0.1, 0.15) is 18.7 Å². The highest BCUT2D eigenvalue weighted by Gasteiger charge is 2.05. The van der Waals surface area contributed by atoms with Crippen LogP contribution in [0, 0.1) is 0 Å². The number of carbonyl (C=O) groups excluding carboxylic acids is 1. The van der Waals surface area contributed by atoms with Crippen molar-refractivity contribution in [1.29, 1.82) is 0 Å². The van der Waals surface area contributed by atoms with Gasteiger partial charge in [-0.3, -0.25) is 9.59 Å². The quantitative estimate of drug-likeness (QED) is 0.583. The number of benzene rings is 2. The summed E-state index contributed by atoms with van der Waals surface area (Å²) in [6.45, 7) is 0.780. The molecule has 2 N–H and O–H groups in total. The number of aromatic amines is 1. The van der Waals surface area contributed by atoms with E-state index in [1.54, 1.807) is 36.4 Å². The van der Waals surface area contributed by atoms with E-state index in [0.29, 0.717) is 59.9 Å². The fraction of sp³-hybridized carbons (Fsp3) is 0.250. The number of H-pyrrole nitrogens is 1. The van der Waals surface area contributed by atoms with E-state index in [-0.39, 0.29) is 11.5 Å². The summed E-state index contributed by atoms with van der Waals surface area (Å²) >= 11 is 5.88. The molecule has 3 aromatic rings. The number of aryl methyl sites for hydroxylation is 1. The van der Waals surface area contributed by atoms with Gasteiger partial charge in [0.15, 0.2) is 0 Å². The van der Waals surface area contributed by atoms with E-state index in [2.05, 4.69) is 15.3 Å². The second-order valence-corrected chi connectivity index (χ2v) is 6.48. The molecular weight excluding hydrogens is 366 g/mol. The predicted molar refractivity (Wildman–Crippen MR) is 105 cm³/mol. The number of nitrogens with zero attached hydrogens (tertiary/aromatic N) is 1. The van der Waals surface area contributed by atoms with E-state index in [1.807, 2.05) is 12.1 Å². The summed E-state index contributed by atoms with van der Waals surface area (Å²) in [5.74, 6) is 1.20. The number of rotatable bonds is 8. The topological polar surface area (TPSA) is 84.1 Å². The molecule has 0 unspecified atom stereocenters. The lowest BCUT2D eigenvalue weighted by Crippen LogP contribution is -2.28. The van der Waals surface area contributed by atoms with Crippen molar-refractivity contribution in [3.63, 3.8) is 0 Å². The maximum Gasteiger partial charge on any atom is 0.258 e. The van der Waals surface area contributed by atoms with Crippen LogP contribution in [-0.4, -0.2) is 29.0 Å². The molecule has 27 heavy (non-hydrogen) atoms. The van der Waals surface area contributed by atoms with E-state index in [4.69, 9.17) is 16.3 Å². The fourth-order valence-corrected chi connectivity index (χ4v) is 2.85. The number of hydrogen-bond acceptors (Lipinski definition) is 4. The van der Waals surface area contributed by atoms with Crippen LogP contribution in [0.3, 0.4) is 0 Å². The Bertz CT molecular complexity index is 987. The molecule has 140 valence electrons. The molecule has 0 spiro atoms. The summed E-state index contributed by atoms with van der Waals surface area (Å²) in [6, 6.07) is 14.3. The molecule has 7 heteroatoms. The van der Waals surface area contributed by atoms with E-state index < -0.39 is 0 Å². The van der Waals surface area contributed by atoms with Crippen molar-refractivity contribution in [3.05, 3.63) is 69.7 Å². The summed E-state index contributed by atoms with van der Waals surface area (Å²) < 4.78 is 5.52. The molecule has 0 radical (unpaired) electrons. The number of ether oxygens (including phenoxy) is 1. The Kier molecular flexibility index (Phi) is 6.44. The molecule has 0 atom stereocenters. The van der Waals surface area contributed by atoms with Crippen molar-refractivity contribution in [1.82, 2.24) is 15.3 Å². The smallest absolute Gasteiger partial charge is 0.258 e. The van der Waals surface area contributed by atoms with Gasteiger partial charge in [0.25, 0.3) is 5.56 Å². The van der Waals surface area contributed by atoms with Crippen LogP contribution >= 0.6 is 11.6 Å².